The van der Waals surface area contributed by atoms with Crippen molar-refractivity contribution in [2.24, 2.45) is 5.73 Å². The van der Waals surface area contributed by atoms with Crippen LogP contribution in [-0.4, -0.2) is 21.8 Å². The largest absolute Gasteiger partial charge is 0.369 e. The Kier molecular flexibility index (Phi) is 4.39. The quantitative estimate of drug-likeness (QED) is 0.708. The fourth-order valence-electron chi connectivity index (χ4n) is 3.20. The second-order valence-electron chi connectivity index (χ2n) is 6.97. The molecule has 0 atom stereocenters. The van der Waals surface area contributed by atoms with Crippen LogP contribution in [0.25, 0.3) is 10.2 Å². The van der Waals surface area contributed by atoms with Crippen molar-refractivity contribution in [3.05, 3.63) is 51.8 Å². The highest BCUT2D eigenvalue weighted by Gasteiger charge is 2.28. The van der Waals surface area contributed by atoms with Crippen LogP contribution in [0.15, 0.2) is 24.3 Å². The number of primary amides is 1. The predicted octanol–water partition coefficient (Wildman–Crippen LogP) is 3.47. The van der Waals surface area contributed by atoms with Gasteiger partial charge in [-0.1, -0.05) is 12.1 Å². The van der Waals surface area contributed by atoms with E-state index in [-0.39, 0.29) is 18.2 Å². The molecule has 1 aromatic carbocycles. The molecule has 1 aliphatic rings. The van der Waals surface area contributed by atoms with E-state index in [1.807, 2.05) is 13.8 Å². The SMILES string of the molecule is Cc1nc(C2CC2)nc2sc(C(=O)Nc3ccc(CC(N)=O)cc3)c(C)c12. The molecule has 3 aromatic rings. The average Bonchev–Trinajstić information content (AvgIpc) is 3.40. The Labute approximate surface area is 160 Å². The van der Waals surface area contributed by atoms with Crippen LogP contribution in [0.2, 0.25) is 0 Å². The normalized spacial score (nSPS) is 13.7. The highest BCUT2D eigenvalue weighted by atomic mass is 32.1. The van der Waals surface area contributed by atoms with Gasteiger partial charge in [0.25, 0.3) is 5.91 Å². The van der Waals surface area contributed by atoms with Gasteiger partial charge in [0.05, 0.1) is 17.0 Å². The minimum Gasteiger partial charge on any atom is -0.369 e. The van der Waals surface area contributed by atoms with Crippen LogP contribution in [0.5, 0.6) is 0 Å². The number of benzene rings is 1. The summed E-state index contributed by atoms with van der Waals surface area (Å²) in [6, 6.07) is 7.12. The summed E-state index contributed by atoms with van der Waals surface area (Å²) < 4.78 is 0. The van der Waals surface area contributed by atoms with Crippen LogP contribution >= 0.6 is 11.3 Å². The Balaban J connectivity index is 1.59. The summed E-state index contributed by atoms with van der Waals surface area (Å²) in [4.78, 5) is 34.6. The number of aromatic nitrogens is 2. The van der Waals surface area contributed by atoms with Gasteiger partial charge in [0.2, 0.25) is 5.91 Å². The van der Waals surface area contributed by atoms with Crippen LogP contribution in [0.1, 0.15) is 51.1 Å². The molecular weight excluding hydrogens is 360 g/mol. The van der Waals surface area contributed by atoms with Crippen LogP contribution in [0.3, 0.4) is 0 Å². The molecule has 3 N–H and O–H groups in total. The van der Waals surface area contributed by atoms with Gasteiger partial charge in [-0.2, -0.15) is 0 Å². The number of hydrogen-bond donors (Lipinski definition) is 2. The van der Waals surface area contributed by atoms with E-state index in [0.29, 0.717) is 16.5 Å². The number of nitrogens with two attached hydrogens (primary N) is 1. The zero-order chi connectivity index (χ0) is 19.1. The molecule has 0 radical (unpaired) electrons. The molecule has 1 fully saturated rings. The lowest BCUT2D eigenvalue weighted by molar-refractivity contribution is -0.117. The van der Waals surface area contributed by atoms with Gasteiger partial charge in [0, 0.05) is 17.0 Å². The van der Waals surface area contributed by atoms with Crippen molar-refractivity contribution < 1.29 is 9.59 Å². The second-order valence-corrected chi connectivity index (χ2v) is 7.97. The van der Waals surface area contributed by atoms with E-state index >= 15 is 0 Å². The first kappa shape index (κ1) is 17.6. The molecule has 0 bridgehead atoms. The Morgan fingerprint density at radius 3 is 2.52 bits per heavy atom. The average molecular weight is 380 g/mol. The minimum absolute atomic E-state index is 0.162. The summed E-state index contributed by atoms with van der Waals surface area (Å²) >= 11 is 1.41. The lowest BCUT2D eigenvalue weighted by Crippen LogP contribution is -2.14. The van der Waals surface area contributed by atoms with Gasteiger partial charge in [-0.05, 0) is 49.9 Å². The van der Waals surface area contributed by atoms with Crippen LogP contribution in [0, 0.1) is 13.8 Å². The first-order valence-corrected chi connectivity index (χ1v) is 9.70. The first-order chi connectivity index (χ1) is 12.9. The molecule has 0 aliphatic heterocycles. The lowest BCUT2D eigenvalue weighted by Gasteiger charge is -2.06. The fourth-order valence-corrected chi connectivity index (χ4v) is 4.33. The number of nitrogens with zero attached hydrogens (tertiary/aromatic N) is 2. The van der Waals surface area contributed by atoms with Gasteiger partial charge in [0.15, 0.2) is 0 Å². The molecule has 0 unspecified atom stereocenters. The molecule has 0 spiro atoms. The smallest absolute Gasteiger partial charge is 0.266 e. The van der Waals surface area contributed by atoms with Gasteiger partial charge >= 0.3 is 0 Å². The molecule has 7 heteroatoms. The number of aryl methyl sites for hydroxylation is 2. The summed E-state index contributed by atoms with van der Waals surface area (Å²) in [5.74, 6) is 0.838. The van der Waals surface area contributed by atoms with Crippen LogP contribution < -0.4 is 11.1 Å². The maximum absolute atomic E-state index is 12.8. The third-order valence-corrected chi connectivity index (χ3v) is 5.91. The van der Waals surface area contributed by atoms with Crippen molar-refractivity contribution in [1.82, 2.24) is 9.97 Å². The van der Waals surface area contributed by atoms with Gasteiger partial charge in [-0.3, -0.25) is 9.59 Å². The molecule has 6 nitrogen and oxygen atoms in total. The predicted molar refractivity (Wildman–Crippen MR) is 106 cm³/mol. The molecule has 1 saturated carbocycles. The molecule has 2 aromatic heterocycles. The second kappa shape index (κ2) is 6.74. The number of rotatable bonds is 5. The number of carbonyl (C=O) groups is 2. The number of thiophene rings is 1. The number of fused-ring (bicyclic) bond motifs is 1. The van der Waals surface area contributed by atoms with E-state index in [4.69, 9.17) is 10.7 Å². The number of amides is 2. The number of hydrogen-bond acceptors (Lipinski definition) is 5. The van der Waals surface area contributed by atoms with Crippen LogP contribution in [-0.2, 0) is 11.2 Å². The van der Waals surface area contributed by atoms with Crippen molar-refractivity contribution >= 4 is 39.1 Å². The van der Waals surface area contributed by atoms with Gasteiger partial charge in [-0.25, -0.2) is 9.97 Å². The van der Waals surface area contributed by atoms with Crippen molar-refractivity contribution in [2.45, 2.75) is 39.0 Å². The van der Waals surface area contributed by atoms with E-state index in [1.54, 1.807) is 24.3 Å². The van der Waals surface area contributed by atoms with E-state index < -0.39 is 0 Å². The maximum Gasteiger partial charge on any atom is 0.266 e. The fraction of sp³-hybridized carbons (Fsp3) is 0.300. The summed E-state index contributed by atoms with van der Waals surface area (Å²) in [7, 11) is 0. The zero-order valence-electron chi connectivity index (χ0n) is 15.2. The molecule has 138 valence electrons. The lowest BCUT2D eigenvalue weighted by atomic mass is 10.1. The van der Waals surface area contributed by atoms with Gasteiger partial charge < -0.3 is 11.1 Å². The van der Waals surface area contributed by atoms with Crippen molar-refractivity contribution in [1.29, 1.82) is 0 Å². The Hall–Kier alpha value is -2.80. The van der Waals surface area contributed by atoms with Crippen molar-refractivity contribution in [3.63, 3.8) is 0 Å². The summed E-state index contributed by atoms with van der Waals surface area (Å²) in [5.41, 5.74) is 8.54. The molecule has 2 heterocycles. The highest BCUT2D eigenvalue weighted by Crippen LogP contribution is 2.40. The van der Waals surface area contributed by atoms with E-state index in [2.05, 4.69) is 10.3 Å². The third-order valence-electron chi connectivity index (χ3n) is 4.73. The molecule has 27 heavy (non-hydrogen) atoms. The molecule has 1 aliphatic carbocycles. The maximum atomic E-state index is 12.8. The third kappa shape index (κ3) is 3.55. The minimum atomic E-state index is -0.380. The Bertz CT molecular complexity index is 1050. The topological polar surface area (TPSA) is 98.0 Å². The summed E-state index contributed by atoms with van der Waals surface area (Å²) in [6.45, 7) is 3.92. The van der Waals surface area contributed by atoms with E-state index in [1.165, 1.54) is 11.3 Å². The Morgan fingerprint density at radius 1 is 1.19 bits per heavy atom. The monoisotopic (exact) mass is 380 g/mol. The van der Waals surface area contributed by atoms with Crippen LogP contribution in [0.4, 0.5) is 5.69 Å². The molecule has 4 rings (SSSR count). The summed E-state index contributed by atoms with van der Waals surface area (Å²) in [6.07, 6.45) is 2.48. The number of carbonyl (C=O) groups excluding carboxylic acids is 2. The molecular formula is C20H20N4O2S. The first-order valence-electron chi connectivity index (χ1n) is 8.88. The van der Waals surface area contributed by atoms with Crippen molar-refractivity contribution in [3.8, 4) is 0 Å². The highest BCUT2D eigenvalue weighted by molar-refractivity contribution is 7.20. The van der Waals surface area contributed by atoms with Gasteiger partial charge in [0.1, 0.15) is 10.7 Å². The Morgan fingerprint density at radius 2 is 1.89 bits per heavy atom. The zero-order valence-corrected chi connectivity index (χ0v) is 16.0. The van der Waals surface area contributed by atoms with Gasteiger partial charge in [-0.15, -0.1) is 11.3 Å². The number of nitrogens with one attached hydrogen (secondary N) is 1. The molecule has 0 saturated heterocycles. The number of anilines is 1. The molecule has 2 amide bonds. The standard InChI is InChI=1S/C20H20N4O2S/c1-10-16-11(2)22-18(13-5-6-13)24-20(16)27-17(10)19(26)23-14-7-3-12(4-8-14)9-15(21)25/h3-4,7-8,13H,5-6,9H2,1-2H3,(H2,21,25)(H,23,26). The van der Waals surface area contributed by atoms with E-state index in [9.17, 15) is 9.59 Å². The van der Waals surface area contributed by atoms with E-state index in [0.717, 1.165) is 45.7 Å². The summed E-state index contributed by atoms with van der Waals surface area (Å²) in [5, 5.41) is 3.89. The van der Waals surface area contributed by atoms with Crippen molar-refractivity contribution in [2.75, 3.05) is 5.32 Å².